The number of pyridine rings is 2. The number of anilines is 2. The number of halogens is 2. The van der Waals surface area contributed by atoms with Gasteiger partial charge in [-0.15, -0.1) is 0 Å². The normalized spacial score (nSPS) is 13.6. The summed E-state index contributed by atoms with van der Waals surface area (Å²) in [5.74, 6) is -2.85. The first-order valence-electron chi connectivity index (χ1n) is 35.9. The van der Waals surface area contributed by atoms with Gasteiger partial charge in [0.05, 0.1) is 142 Å². The number of esters is 1. The minimum absolute atomic E-state index is 0.0956. The zero-order valence-electron chi connectivity index (χ0n) is 61.6. The van der Waals surface area contributed by atoms with Crippen LogP contribution in [-0.2, 0) is 53.1 Å². The van der Waals surface area contributed by atoms with Crippen LogP contribution < -0.4 is 25.8 Å². The van der Waals surface area contributed by atoms with Gasteiger partial charge in [-0.1, -0.05) is 102 Å². The van der Waals surface area contributed by atoms with Crippen LogP contribution >= 0.6 is 23.2 Å². The number of ether oxygens (including phenoxy) is 1. The van der Waals surface area contributed by atoms with E-state index >= 15 is 0 Å². The van der Waals surface area contributed by atoms with Crippen LogP contribution in [0.2, 0.25) is 10.0 Å². The zero-order chi connectivity index (χ0) is 79.5. The van der Waals surface area contributed by atoms with Crippen LogP contribution in [0.25, 0.3) is 116 Å². The Hall–Kier alpha value is -14.0. The average Bonchev–Trinajstić information content (AvgIpc) is 1.59. The minimum Gasteiger partial charge on any atom is -0.465 e. The first-order valence-corrected chi connectivity index (χ1v) is 36.7. The number of rotatable bonds is 18. The molecule has 0 bridgehead atoms. The van der Waals surface area contributed by atoms with Crippen molar-refractivity contribution in [2.24, 2.45) is 0 Å². The smallest absolute Gasteiger partial charge is 0.339 e. The van der Waals surface area contributed by atoms with Crippen LogP contribution in [0, 0.1) is 0 Å². The van der Waals surface area contributed by atoms with E-state index in [1.54, 1.807) is 73.6 Å². The maximum Gasteiger partial charge on any atom is 0.339 e. The van der Waals surface area contributed by atoms with Crippen LogP contribution in [0.3, 0.4) is 0 Å². The Morgan fingerprint density at radius 3 is 1.23 bits per heavy atom. The van der Waals surface area contributed by atoms with Crippen molar-refractivity contribution in [1.29, 1.82) is 0 Å². The summed E-state index contributed by atoms with van der Waals surface area (Å²) < 4.78 is 15.5. The predicted molar refractivity (Wildman–Crippen MR) is 436 cm³/mol. The second-order valence-corrected chi connectivity index (χ2v) is 28.1. The van der Waals surface area contributed by atoms with E-state index in [0.29, 0.717) is 82.1 Å². The van der Waals surface area contributed by atoms with Crippen LogP contribution in [0.15, 0.2) is 213 Å². The molecule has 8 aromatic heterocycles. The summed E-state index contributed by atoms with van der Waals surface area (Å²) in [7, 11) is 9.11. The molecule has 0 saturated heterocycles. The van der Waals surface area contributed by atoms with Gasteiger partial charge in [-0.25, -0.2) is 9.78 Å². The van der Waals surface area contributed by atoms with E-state index in [0.717, 1.165) is 61.2 Å². The molecular weight excluding hydrogens is 1490 g/mol. The molecule has 27 nitrogen and oxygen atoms in total. The van der Waals surface area contributed by atoms with E-state index in [9.17, 15) is 48.9 Å². The lowest BCUT2D eigenvalue weighted by atomic mass is 9.97. The van der Waals surface area contributed by atoms with Gasteiger partial charge in [0.1, 0.15) is 22.9 Å². The van der Waals surface area contributed by atoms with E-state index in [-0.39, 0.29) is 72.9 Å². The molecule has 3 aliphatic heterocycles. The number of aliphatic hydroxyl groups is 3. The molecule has 3 aliphatic rings. The van der Waals surface area contributed by atoms with Crippen molar-refractivity contribution >= 4 is 175 Å². The fourth-order valence-electron chi connectivity index (χ4n) is 14.9. The van der Waals surface area contributed by atoms with E-state index in [2.05, 4.69) is 47.3 Å². The van der Waals surface area contributed by atoms with Gasteiger partial charge >= 0.3 is 5.97 Å². The third-order valence-corrected chi connectivity index (χ3v) is 20.5. The highest BCUT2D eigenvalue weighted by atomic mass is 35.5. The molecule has 0 fully saturated rings. The Kier molecular flexibility index (Phi) is 19.8. The van der Waals surface area contributed by atoms with E-state index in [4.69, 9.17) is 27.9 Å². The summed E-state index contributed by atoms with van der Waals surface area (Å²) in [5, 5.41) is 55.2. The number of benzene rings is 7. The molecule has 0 unspecified atom stereocenters. The molecule has 0 aliphatic carbocycles. The quantitative estimate of drug-likeness (QED) is 0.0343. The zero-order valence-corrected chi connectivity index (χ0v) is 63.1. The Balaban J connectivity index is 0.000000129. The van der Waals surface area contributed by atoms with E-state index < -0.39 is 41.4 Å². The van der Waals surface area contributed by atoms with Gasteiger partial charge in [-0.3, -0.25) is 63.7 Å². The Morgan fingerprint density at radius 1 is 0.404 bits per heavy atom. The van der Waals surface area contributed by atoms with Gasteiger partial charge in [0.15, 0.2) is 0 Å². The molecule has 18 rings (SSSR count). The number of aliphatic hydroxyl groups excluding tert-OH is 3. The second kappa shape index (κ2) is 30.4. The minimum atomic E-state index is -0.577. The number of fused-ring (bicyclic) bond motifs is 6. The molecule has 6 N–H and O–H groups in total. The molecule has 568 valence electrons. The lowest BCUT2D eigenvalue weighted by molar-refractivity contribution is -0.124. The largest absolute Gasteiger partial charge is 0.465 e. The summed E-state index contributed by atoms with van der Waals surface area (Å²) in [5.41, 5.74) is 12.2. The SMILES string of the molecule is CN(C)c1ccc(-n2cc(C3=C(c4nn(CCO)c5ccccc45)C(=O)NC3=O)c3cc(Cl)ccc32)cn1.CN(C)c1cccc(-n2cc(C3=C(c4nn(CCO)c5ccccc45)C(=O)NC3=O)c3ccccc32)c1.COC(=O)c1cncc(-n2cc(C3=C(c4nn(CCO)c5ccccc45)C(=O)NC3=O)c3cc(Cl)ccc32)c1. The van der Waals surface area contributed by atoms with E-state index in [1.807, 2.05) is 193 Å². The fourth-order valence-corrected chi connectivity index (χ4v) is 15.2. The maximum atomic E-state index is 13.3. The predicted octanol–water partition coefficient (Wildman–Crippen LogP) is 10.6. The second-order valence-electron chi connectivity index (χ2n) is 27.2. The number of para-hydroxylation sites is 4. The van der Waals surface area contributed by atoms with Crippen molar-refractivity contribution in [2.45, 2.75) is 19.6 Å². The van der Waals surface area contributed by atoms with Crippen molar-refractivity contribution in [3.8, 4) is 17.1 Å². The molecule has 15 aromatic rings. The van der Waals surface area contributed by atoms with Gasteiger partial charge in [0, 0.05) is 123 Å². The highest BCUT2D eigenvalue weighted by Gasteiger charge is 2.40. The summed E-state index contributed by atoms with van der Waals surface area (Å²) in [6, 6.07) is 54.3. The van der Waals surface area contributed by atoms with Crippen LogP contribution in [0.5, 0.6) is 0 Å². The molecule has 0 radical (unpaired) electrons. The van der Waals surface area contributed by atoms with E-state index in [1.165, 1.54) is 13.3 Å². The third-order valence-electron chi connectivity index (χ3n) is 20.0. The molecule has 114 heavy (non-hydrogen) atoms. The first kappa shape index (κ1) is 74.1. The Morgan fingerprint density at radius 2 is 0.807 bits per heavy atom. The van der Waals surface area contributed by atoms with Crippen molar-refractivity contribution in [3.05, 3.63) is 262 Å². The number of aromatic nitrogens is 11. The number of amides is 6. The molecule has 0 atom stereocenters. The molecule has 0 spiro atoms. The van der Waals surface area contributed by atoms with Gasteiger partial charge in [-0.2, -0.15) is 15.3 Å². The van der Waals surface area contributed by atoms with Gasteiger partial charge in [0.25, 0.3) is 35.4 Å². The fraction of sp³-hybridized carbons (Fsp3) is 0.129. The Labute approximate surface area is 658 Å². The topological polar surface area (TPSA) is 326 Å². The monoisotopic (exact) mass is 1560 g/mol. The van der Waals surface area contributed by atoms with Crippen LogP contribution in [-0.4, -0.2) is 165 Å². The van der Waals surface area contributed by atoms with Crippen molar-refractivity contribution in [3.63, 3.8) is 0 Å². The van der Waals surface area contributed by atoms with Crippen molar-refractivity contribution in [1.82, 2.24) is 69.0 Å². The molecule has 0 saturated carbocycles. The molecule has 7 aromatic carbocycles. The number of carbonyl (C=O) groups excluding carboxylic acids is 7. The van der Waals surface area contributed by atoms with Crippen molar-refractivity contribution < 1.29 is 53.6 Å². The number of hydrogen-bond donors (Lipinski definition) is 6. The van der Waals surface area contributed by atoms with Crippen LogP contribution in [0.4, 0.5) is 11.5 Å². The highest BCUT2D eigenvalue weighted by molar-refractivity contribution is 6.53. The number of carbonyl (C=O) groups is 7. The highest BCUT2D eigenvalue weighted by Crippen LogP contribution is 2.44. The van der Waals surface area contributed by atoms with Crippen molar-refractivity contribution in [2.75, 3.05) is 64.9 Å². The number of methoxy groups -OCH3 is 1. The van der Waals surface area contributed by atoms with Gasteiger partial charge in [-0.05, 0) is 97.1 Å². The number of nitrogens with one attached hydrogen (secondary N) is 3. The number of nitrogens with zero attached hydrogens (tertiary/aromatic N) is 13. The third kappa shape index (κ3) is 13.1. The summed E-state index contributed by atoms with van der Waals surface area (Å²) in [6.07, 6.45) is 10.2. The van der Waals surface area contributed by atoms with Crippen LogP contribution in [0.1, 0.15) is 44.1 Å². The molecule has 11 heterocycles. The Bertz CT molecular complexity index is 6650. The molecule has 29 heteroatoms. The first-order chi connectivity index (χ1) is 55.2. The summed E-state index contributed by atoms with van der Waals surface area (Å²) in [6.45, 7) is 0.393. The molecular formula is C85H68Cl2N16O11. The summed E-state index contributed by atoms with van der Waals surface area (Å²) in [4.78, 5) is 104. The summed E-state index contributed by atoms with van der Waals surface area (Å²) >= 11 is 12.8. The molecule has 6 amide bonds. The average molecular weight is 1560 g/mol. The number of imide groups is 3. The standard InChI is InChI=1S/C29H25N5O3.C28H23ClN6O3.C28H20ClN5O5/c1-32(2)18-8-7-9-19(16-18)33-17-22(20-10-3-5-12-23(20)33)25-26(29(37)30-28(25)36)27-21-11-4-6-13-24(21)34(31-27)14-15-35;1-33(2)23-10-8-17(14-30-23)34-15-20(19-13-16(29)7-9-21(19)34)24-25(28(38)31-27(24)37)26-18-5-3-4-6-22(18)35(32-26)11-12-36;1-39-28(38)15-10-17(13-30-12-15)33-14-20(19-11-16(29)6-7-21(19)33)23-24(27(37)31-26(23)36)25-18-4-2-3-5-22(18)34(32-25)8-9-35/h3-13,16-17,35H,14-15H2,1-2H3,(H,30,36,37);3-10,13-15,36H,11-12H2,1-2H3,(H,31,37,38);2-7,10-14,35H,8-9H2,1H3,(H,31,36,37). The van der Waals surface area contributed by atoms with Gasteiger partial charge < -0.3 is 43.6 Å². The maximum absolute atomic E-state index is 13.3. The van der Waals surface area contributed by atoms with Gasteiger partial charge in [0.2, 0.25) is 0 Å². The lowest BCUT2D eigenvalue weighted by Crippen LogP contribution is -2.22. The number of hydrogen-bond acceptors (Lipinski definition) is 18. The lowest BCUT2D eigenvalue weighted by Gasteiger charge is -2.14.